The van der Waals surface area contributed by atoms with Gasteiger partial charge in [0.2, 0.25) is 5.16 Å². The maximum Gasteiger partial charge on any atom is 0.338 e. The van der Waals surface area contributed by atoms with Crippen LogP contribution in [0, 0.1) is 6.92 Å². The van der Waals surface area contributed by atoms with E-state index in [9.17, 15) is 9.59 Å². The number of hydrogen-bond donors (Lipinski definition) is 2. The summed E-state index contributed by atoms with van der Waals surface area (Å²) in [7, 11) is 1.61. The van der Waals surface area contributed by atoms with E-state index in [4.69, 9.17) is 13.9 Å². The van der Waals surface area contributed by atoms with Crippen LogP contribution in [0.5, 0.6) is 5.75 Å². The number of carbonyl (C=O) groups is 2. The van der Waals surface area contributed by atoms with Gasteiger partial charge in [0.25, 0.3) is 0 Å². The van der Waals surface area contributed by atoms with E-state index < -0.39 is 18.0 Å². The normalized spacial score (nSPS) is 15.6. The molecule has 0 bridgehead atoms. The van der Waals surface area contributed by atoms with Crippen LogP contribution in [0.15, 0.2) is 57.2 Å². The number of hydrogen-bond acceptors (Lipinski definition) is 9. The summed E-state index contributed by atoms with van der Waals surface area (Å²) < 4.78 is 17.8. The van der Waals surface area contributed by atoms with E-state index in [0.29, 0.717) is 28.9 Å². The average Bonchev–Trinajstić information content (AvgIpc) is 3.46. The molecule has 1 aromatic carbocycles. The third-order valence-corrected chi connectivity index (χ3v) is 6.01. The fourth-order valence-corrected chi connectivity index (χ4v) is 4.29. The molecule has 1 atom stereocenters. The minimum Gasteiger partial charge on any atom is -0.497 e. The minimum atomic E-state index is -0.771. The molecule has 11 nitrogen and oxygen atoms in total. The van der Waals surface area contributed by atoms with Gasteiger partial charge in [-0.1, -0.05) is 23.9 Å². The predicted octanol–water partition coefficient (Wildman–Crippen LogP) is 2.59. The van der Waals surface area contributed by atoms with E-state index in [-0.39, 0.29) is 17.9 Å². The highest BCUT2D eigenvalue weighted by Gasteiger charge is 2.35. The molecule has 34 heavy (non-hydrogen) atoms. The van der Waals surface area contributed by atoms with Crippen molar-refractivity contribution in [1.82, 2.24) is 30.8 Å². The SMILES string of the molecule is CCOC(=O)C1=C(CSc2nnnn2Cc2ccc(OC)cc2)NC(=O)NC1c1ccc(C)o1. The molecule has 12 heteroatoms. The highest BCUT2D eigenvalue weighted by atomic mass is 32.2. The van der Waals surface area contributed by atoms with Gasteiger partial charge in [-0.3, -0.25) is 0 Å². The number of carbonyl (C=O) groups excluding carboxylic acids is 2. The number of thioether (sulfide) groups is 1. The van der Waals surface area contributed by atoms with Crippen LogP contribution in [0.4, 0.5) is 4.79 Å². The lowest BCUT2D eigenvalue weighted by Gasteiger charge is -2.27. The molecule has 1 unspecified atom stereocenters. The van der Waals surface area contributed by atoms with E-state index in [2.05, 4.69) is 26.2 Å². The van der Waals surface area contributed by atoms with Gasteiger partial charge in [-0.15, -0.1) is 5.10 Å². The molecule has 0 radical (unpaired) electrons. The Morgan fingerprint density at radius 1 is 1.24 bits per heavy atom. The number of nitrogens with one attached hydrogen (secondary N) is 2. The first-order chi connectivity index (χ1) is 16.5. The molecule has 3 heterocycles. The second-order valence-corrected chi connectivity index (χ2v) is 8.29. The summed E-state index contributed by atoms with van der Waals surface area (Å²) in [6, 6.07) is 9.87. The van der Waals surface area contributed by atoms with Crippen molar-refractivity contribution in [3.8, 4) is 5.75 Å². The Bertz CT molecular complexity index is 1200. The van der Waals surface area contributed by atoms with Crippen molar-refractivity contribution in [3.63, 3.8) is 0 Å². The predicted molar refractivity (Wildman–Crippen MR) is 122 cm³/mol. The van der Waals surface area contributed by atoms with Crippen molar-refractivity contribution in [2.75, 3.05) is 19.5 Å². The van der Waals surface area contributed by atoms with E-state index in [0.717, 1.165) is 11.3 Å². The van der Waals surface area contributed by atoms with Gasteiger partial charge in [0.1, 0.15) is 23.3 Å². The maximum atomic E-state index is 12.8. The smallest absolute Gasteiger partial charge is 0.338 e. The number of methoxy groups -OCH3 is 1. The van der Waals surface area contributed by atoms with Gasteiger partial charge < -0.3 is 24.5 Å². The second-order valence-electron chi connectivity index (χ2n) is 7.35. The summed E-state index contributed by atoms with van der Waals surface area (Å²) in [4.78, 5) is 25.2. The fourth-order valence-electron chi connectivity index (χ4n) is 3.44. The Hall–Kier alpha value is -3.80. The molecule has 0 aliphatic carbocycles. The first-order valence-electron chi connectivity index (χ1n) is 10.5. The number of furan rings is 1. The van der Waals surface area contributed by atoms with Crippen molar-refractivity contribution in [1.29, 1.82) is 0 Å². The van der Waals surface area contributed by atoms with Crippen molar-refractivity contribution in [2.24, 2.45) is 0 Å². The molecule has 2 aromatic heterocycles. The van der Waals surface area contributed by atoms with E-state index in [1.54, 1.807) is 37.8 Å². The highest BCUT2D eigenvalue weighted by Crippen LogP contribution is 2.31. The topological polar surface area (TPSA) is 133 Å². The summed E-state index contributed by atoms with van der Waals surface area (Å²) in [5, 5.41) is 17.9. The number of benzene rings is 1. The number of esters is 1. The molecule has 2 N–H and O–H groups in total. The Morgan fingerprint density at radius 2 is 2.03 bits per heavy atom. The van der Waals surface area contributed by atoms with Crippen molar-refractivity contribution in [2.45, 2.75) is 31.6 Å². The third kappa shape index (κ3) is 5.22. The third-order valence-electron chi connectivity index (χ3n) is 5.03. The van der Waals surface area contributed by atoms with Crippen LogP contribution in [0.2, 0.25) is 0 Å². The highest BCUT2D eigenvalue weighted by molar-refractivity contribution is 7.99. The summed E-state index contributed by atoms with van der Waals surface area (Å²) in [6.45, 7) is 4.16. The van der Waals surface area contributed by atoms with Gasteiger partial charge in [0.15, 0.2) is 0 Å². The zero-order valence-electron chi connectivity index (χ0n) is 18.9. The van der Waals surface area contributed by atoms with Gasteiger partial charge >= 0.3 is 12.0 Å². The van der Waals surface area contributed by atoms with Crippen LogP contribution in [-0.2, 0) is 16.1 Å². The molecular weight excluding hydrogens is 460 g/mol. The quantitative estimate of drug-likeness (QED) is 0.347. The Morgan fingerprint density at radius 3 is 2.71 bits per heavy atom. The molecule has 1 aliphatic rings. The molecule has 0 saturated heterocycles. The zero-order chi connectivity index (χ0) is 24.1. The average molecular weight is 485 g/mol. The lowest BCUT2D eigenvalue weighted by molar-refractivity contribution is -0.139. The summed E-state index contributed by atoms with van der Waals surface area (Å²) in [6.07, 6.45) is 0. The molecule has 2 amide bonds. The number of rotatable bonds is 9. The van der Waals surface area contributed by atoms with Crippen LogP contribution in [-0.4, -0.2) is 51.7 Å². The fraction of sp³-hybridized carbons (Fsp3) is 0.318. The van der Waals surface area contributed by atoms with Crippen LogP contribution >= 0.6 is 11.8 Å². The lowest BCUT2D eigenvalue weighted by Crippen LogP contribution is -2.46. The molecule has 0 spiro atoms. The Kier molecular flexibility index (Phi) is 7.16. The first-order valence-corrected chi connectivity index (χ1v) is 11.5. The van der Waals surface area contributed by atoms with E-state index >= 15 is 0 Å². The van der Waals surface area contributed by atoms with Crippen molar-refractivity contribution in [3.05, 3.63) is 64.8 Å². The molecule has 0 fully saturated rings. The van der Waals surface area contributed by atoms with Gasteiger partial charge in [-0.25, -0.2) is 14.3 Å². The molecule has 3 aromatic rings. The Labute approximate surface area is 199 Å². The monoisotopic (exact) mass is 484 g/mol. The minimum absolute atomic E-state index is 0.195. The number of urea groups is 1. The van der Waals surface area contributed by atoms with Gasteiger partial charge in [0, 0.05) is 11.4 Å². The van der Waals surface area contributed by atoms with Crippen molar-refractivity contribution >= 4 is 23.8 Å². The summed E-state index contributed by atoms with van der Waals surface area (Å²) in [5.41, 5.74) is 1.67. The van der Waals surface area contributed by atoms with E-state index in [1.807, 2.05) is 24.3 Å². The summed E-state index contributed by atoms with van der Waals surface area (Å²) in [5.74, 6) is 1.57. The number of tetrazole rings is 1. The number of aryl methyl sites for hydroxylation is 1. The van der Waals surface area contributed by atoms with E-state index in [1.165, 1.54) is 11.8 Å². The van der Waals surface area contributed by atoms with Gasteiger partial charge in [0.05, 0.1) is 25.8 Å². The molecule has 0 saturated carbocycles. The number of aromatic nitrogens is 4. The van der Waals surface area contributed by atoms with Crippen LogP contribution < -0.4 is 15.4 Å². The first kappa shape index (κ1) is 23.4. The van der Waals surface area contributed by atoms with Gasteiger partial charge in [-0.2, -0.15) is 0 Å². The van der Waals surface area contributed by atoms with Crippen LogP contribution in [0.1, 0.15) is 30.0 Å². The largest absolute Gasteiger partial charge is 0.497 e. The molecular formula is C22H24N6O5S. The van der Waals surface area contributed by atoms with Crippen LogP contribution in [0.25, 0.3) is 0 Å². The number of amides is 2. The maximum absolute atomic E-state index is 12.8. The lowest BCUT2D eigenvalue weighted by atomic mass is 10.0. The molecule has 1 aliphatic heterocycles. The standard InChI is InChI=1S/C22H24N6O5S/c1-4-32-20(29)18-16(23-21(30)24-19(18)17-10-5-13(2)33-17)12-34-22-25-26-27-28(22)11-14-6-8-15(31-3)9-7-14/h5-10,19H,4,11-12H2,1-3H3,(H2,23,24,30). The molecule has 4 rings (SSSR count). The van der Waals surface area contributed by atoms with Gasteiger partial charge in [-0.05, 0) is 54.1 Å². The second kappa shape index (κ2) is 10.4. The number of nitrogens with zero attached hydrogens (tertiary/aromatic N) is 4. The Balaban J connectivity index is 1.57. The zero-order valence-corrected chi connectivity index (χ0v) is 19.7. The molecule has 178 valence electrons. The van der Waals surface area contributed by atoms with Crippen molar-refractivity contribution < 1.29 is 23.5 Å². The number of ether oxygens (including phenoxy) is 2. The summed E-state index contributed by atoms with van der Waals surface area (Å²) >= 11 is 1.29. The van der Waals surface area contributed by atoms with Crippen LogP contribution in [0.3, 0.4) is 0 Å².